The molecule has 2 N–H and O–H groups in total. The number of unbranched alkanes of at least 4 members (excludes halogenated alkanes) is 1. The van der Waals surface area contributed by atoms with Crippen molar-refractivity contribution < 1.29 is 14.7 Å². The smallest absolute Gasteiger partial charge is 0.321 e. The average Bonchev–Trinajstić information content (AvgIpc) is 2.38. The van der Waals surface area contributed by atoms with Crippen LogP contribution in [0.5, 0.6) is 0 Å². The minimum absolute atomic E-state index is 0.143. The van der Waals surface area contributed by atoms with Gasteiger partial charge in [-0.1, -0.05) is 18.2 Å². The molecule has 98 valence electrons. The van der Waals surface area contributed by atoms with Crippen molar-refractivity contribution >= 4 is 17.7 Å². The molecule has 0 atom stereocenters. The maximum Gasteiger partial charge on any atom is 0.321 e. The van der Waals surface area contributed by atoms with Crippen LogP contribution in [0.4, 0.5) is 10.5 Å². The lowest BCUT2D eigenvalue weighted by Gasteiger charge is -2.17. The number of rotatable bonds is 6. The number of aliphatic carboxylic acids is 1. The van der Waals surface area contributed by atoms with Gasteiger partial charge in [-0.3, -0.25) is 9.69 Å². The van der Waals surface area contributed by atoms with Crippen molar-refractivity contribution in [3.63, 3.8) is 0 Å². The van der Waals surface area contributed by atoms with Gasteiger partial charge in [0.1, 0.15) is 0 Å². The Kier molecular flexibility index (Phi) is 5.70. The van der Waals surface area contributed by atoms with Crippen molar-refractivity contribution in [1.82, 2.24) is 5.32 Å². The molecule has 0 radical (unpaired) electrons. The fourth-order valence-corrected chi connectivity index (χ4v) is 1.48. The molecule has 0 aliphatic heterocycles. The second kappa shape index (κ2) is 7.32. The predicted octanol–water partition coefficient (Wildman–Crippen LogP) is 2.09. The van der Waals surface area contributed by atoms with E-state index in [1.807, 2.05) is 30.3 Å². The summed E-state index contributed by atoms with van der Waals surface area (Å²) in [5.41, 5.74) is 0.820. The summed E-state index contributed by atoms with van der Waals surface area (Å²) >= 11 is 0. The third kappa shape index (κ3) is 4.86. The molecule has 5 heteroatoms. The number of hydrogen-bond acceptors (Lipinski definition) is 2. The van der Waals surface area contributed by atoms with Crippen LogP contribution in [0, 0.1) is 0 Å². The topological polar surface area (TPSA) is 69.6 Å². The summed E-state index contributed by atoms with van der Waals surface area (Å²) in [4.78, 5) is 23.6. The first kappa shape index (κ1) is 14.0. The van der Waals surface area contributed by atoms with Gasteiger partial charge < -0.3 is 10.4 Å². The number of para-hydroxylation sites is 1. The van der Waals surface area contributed by atoms with E-state index >= 15 is 0 Å². The second-order valence-corrected chi connectivity index (χ2v) is 3.98. The van der Waals surface area contributed by atoms with Gasteiger partial charge in [-0.05, 0) is 25.0 Å². The normalized spacial score (nSPS) is 9.83. The molecule has 5 nitrogen and oxygen atoms in total. The molecule has 0 fully saturated rings. The Hall–Kier alpha value is -2.04. The molecule has 0 aliphatic rings. The number of carbonyl (C=O) groups is 2. The number of hydrogen-bond donors (Lipinski definition) is 2. The SMILES string of the molecule is CN(C(=O)NCCCCC(=O)O)c1ccccc1. The lowest BCUT2D eigenvalue weighted by Crippen LogP contribution is -2.37. The molecule has 1 rings (SSSR count). The number of benzene rings is 1. The molecule has 2 amide bonds. The maximum absolute atomic E-state index is 11.7. The van der Waals surface area contributed by atoms with Crippen LogP contribution in [0.15, 0.2) is 30.3 Å². The first-order chi connectivity index (χ1) is 8.61. The van der Waals surface area contributed by atoms with E-state index in [2.05, 4.69) is 5.32 Å². The Balaban J connectivity index is 2.26. The summed E-state index contributed by atoms with van der Waals surface area (Å²) in [7, 11) is 1.70. The summed E-state index contributed by atoms with van der Waals surface area (Å²) in [5.74, 6) is -0.803. The minimum atomic E-state index is -0.803. The number of urea groups is 1. The zero-order valence-electron chi connectivity index (χ0n) is 10.4. The van der Waals surface area contributed by atoms with Crippen molar-refractivity contribution in [2.45, 2.75) is 19.3 Å². The fraction of sp³-hybridized carbons (Fsp3) is 0.385. The molecule has 18 heavy (non-hydrogen) atoms. The van der Waals surface area contributed by atoms with Crippen molar-refractivity contribution in [1.29, 1.82) is 0 Å². The van der Waals surface area contributed by atoms with Gasteiger partial charge in [0.15, 0.2) is 0 Å². The number of carbonyl (C=O) groups excluding carboxylic acids is 1. The van der Waals surface area contributed by atoms with E-state index in [1.54, 1.807) is 7.05 Å². The number of amides is 2. The fourth-order valence-electron chi connectivity index (χ4n) is 1.48. The molecule has 1 aromatic carbocycles. The molecule has 0 aromatic heterocycles. The van der Waals surface area contributed by atoms with Crippen molar-refractivity contribution in [2.75, 3.05) is 18.5 Å². The van der Waals surface area contributed by atoms with Crippen LogP contribution >= 0.6 is 0 Å². The van der Waals surface area contributed by atoms with Gasteiger partial charge in [0.05, 0.1) is 0 Å². The van der Waals surface area contributed by atoms with Crippen molar-refractivity contribution in [3.05, 3.63) is 30.3 Å². The molecule has 1 aromatic rings. The van der Waals surface area contributed by atoms with E-state index in [0.29, 0.717) is 19.4 Å². The highest BCUT2D eigenvalue weighted by Crippen LogP contribution is 2.10. The standard InChI is InChI=1S/C13H18N2O3/c1-15(11-7-3-2-4-8-11)13(18)14-10-6-5-9-12(16)17/h2-4,7-8H,5-6,9-10H2,1H3,(H,14,18)(H,16,17). The molecular formula is C13H18N2O3. The van der Waals surface area contributed by atoms with Crippen LogP contribution in [0.3, 0.4) is 0 Å². The Morgan fingerprint density at radius 2 is 1.89 bits per heavy atom. The van der Waals surface area contributed by atoms with Crippen LogP contribution in [0.1, 0.15) is 19.3 Å². The molecule has 0 heterocycles. The van der Waals surface area contributed by atoms with Gasteiger partial charge in [-0.2, -0.15) is 0 Å². The lowest BCUT2D eigenvalue weighted by atomic mass is 10.2. The predicted molar refractivity (Wildman–Crippen MR) is 69.7 cm³/mol. The van der Waals surface area contributed by atoms with Gasteiger partial charge in [0.25, 0.3) is 0 Å². The zero-order chi connectivity index (χ0) is 13.4. The van der Waals surface area contributed by atoms with E-state index < -0.39 is 5.97 Å². The van der Waals surface area contributed by atoms with Crippen LogP contribution in [0.25, 0.3) is 0 Å². The average molecular weight is 250 g/mol. The first-order valence-electron chi connectivity index (χ1n) is 5.89. The van der Waals surface area contributed by atoms with Crippen LogP contribution in [-0.2, 0) is 4.79 Å². The monoisotopic (exact) mass is 250 g/mol. The van der Waals surface area contributed by atoms with Crippen LogP contribution in [0.2, 0.25) is 0 Å². The van der Waals surface area contributed by atoms with E-state index in [0.717, 1.165) is 5.69 Å². The Morgan fingerprint density at radius 3 is 2.50 bits per heavy atom. The summed E-state index contributed by atoms with van der Waals surface area (Å²) < 4.78 is 0. The lowest BCUT2D eigenvalue weighted by molar-refractivity contribution is -0.137. The highest BCUT2D eigenvalue weighted by atomic mass is 16.4. The molecule has 0 saturated carbocycles. The first-order valence-corrected chi connectivity index (χ1v) is 5.89. The molecular weight excluding hydrogens is 232 g/mol. The van der Waals surface area contributed by atoms with E-state index in [1.165, 1.54) is 4.90 Å². The van der Waals surface area contributed by atoms with Gasteiger partial charge in [-0.25, -0.2) is 4.79 Å². The van der Waals surface area contributed by atoms with Crippen LogP contribution in [-0.4, -0.2) is 30.7 Å². The number of nitrogens with zero attached hydrogens (tertiary/aromatic N) is 1. The van der Waals surface area contributed by atoms with Crippen molar-refractivity contribution in [2.24, 2.45) is 0 Å². The second-order valence-electron chi connectivity index (χ2n) is 3.98. The summed E-state index contributed by atoms with van der Waals surface area (Å²) in [6, 6.07) is 9.14. The van der Waals surface area contributed by atoms with E-state index in [4.69, 9.17) is 5.11 Å². The summed E-state index contributed by atoms with van der Waals surface area (Å²) in [6.45, 7) is 0.489. The zero-order valence-corrected chi connectivity index (χ0v) is 10.4. The Morgan fingerprint density at radius 1 is 1.22 bits per heavy atom. The Bertz CT molecular complexity index is 392. The van der Waals surface area contributed by atoms with Crippen LogP contribution < -0.4 is 10.2 Å². The van der Waals surface area contributed by atoms with Gasteiger partial charge >= 0.3 is 12.0 Å². The highest BCUT2D eigenvalue weighted by molar-refractivity contribution is 5.91. The molecule has 0 unspecified atom stereocenters. The maximum atomic E-state index is 11.7. The molecule has 0 saturated heterocycles. The molecule has 0 aliphatic carbocycles. The number of carboxylic acids is 1. The summed E-state index contributed by atoms with van der Waals surface area (Å²) in [6.07, 6.45) is 1.38. The van der Waals surface area contributed by atoms with E-state index in [-0.39, 0.29) is 12.5 Å². The third-order valence-corrected chi connectivity index (χ3v) is 2.54. The Labute approximate surface area is 106 Å². The number of carboxylic acid groups (broad SMARTS) is 1. The molecule has 0 spiro atoms. The highest BCUT2D eigenvalue weighted by Gasteiger charge is 2.08. The largest absolute Gasteiger partial charge is 0.481 e. The van der Waals surface area contributed by atoms with Gasteiger partial charge in [0.2, 0.25) is 0 Å². The minimum Gasteiger partial charge on any atom is -0.481 e. The third-order valence-electron chi connectivity index (χ3n) is 2.54. The van der Waals surface area contributed by atoms with Gasteiger partial charge in [-0.15, -0.1) is 0 Å². The quantitative estimate of drug-likeness (QED) is 0.759. The van der Waals surface area contributed by atoms with Gasteiger partial charge in [0, 0.05) is 25.7 Å². The number of nitrogens with one attached hydrogen (secondary N) is 1. The van der Waals surface area contributed by atoms with E-state index in [9.17, 15) is 9.59 Å². The summed E-state index contributed by atoms with van der Waals surface area (Å²) in [5, 5.41) is 11.2. The number of anilines is 1. The molecule has 0 bridgehead atoms. The van der Waals surface area contributed by atoms with Crippen molar-refractivity contribution in [3.8, 4) is 0 Å².